The van der Waals surface area contributed by atoms with Crippen molar-refractivity contribution >= 4 is 66.3 Å². The van der Waals surface area contributed by atoms with Gasteiger partial charge in [-0.15, -0.1) is 0 Å². The highest BCUT2D eigenvalue weighted by molar-refractivity contribution is 7.91. The maximum absolute atomic E-state index is 12.5. The van der Waals surface area contributed by atoms with Crippen LogP contribution in [0.2, 0.25) is 20.1 Å². The molecule has 0 aromatic heterocycles. The summed E-state index contributed by atoms with van der Waals surface area (Å²) < 4.78 is 52.5. The van der Waals surface area contributed by atoms with Gasteiger partial charge in [-0.05, 0) is 116 Å². The Hall–Kier alpha value is -2.18. The quantitative estimate of drug-likeness (QED) is 0.191. The Labute approximate surface area is 329 Å². The Balaban J connectivity index is 0.000000201. The molecule has 0 aliphatic carbocycles. The van der Waals surface area contributed by atoms with Crippen LogP contribution in [0.4, 0.5) is 0 Å². The van der Waals surface area contributed by atoms with E-state index in [1.54, 1.807) is 56.3 Å². The molecule has 13 heteroatoms. The van der Waals surface area contributed by atoms with E-state index in [1.165, 1.54) is 0 Å². The second-order valence-corrected chi connectivity index (χ2v) is 19.9. The van der Waals surface area contributed by atoms with Crippen LogP contribution in [0, 0.1) is 5.92 Å². The molecule has 0 bridgehead atoms. The summed E-state index contributed by atoms with van der Waals surface area (Å²) in [5.74, 6) is 0.380. The van der Waals surface area contributed by atoms with Crippen LogP contribution < -0.4 is 4.72 Å². The minimum Gasteiger partial charge on any atom is -0.301 e. The number of sulfone groups is 1. The van der Waals surface area contributed by atoms with E-state index in [0.29, 0.717) is 25.0 Å². The van der Waals surface area contributed by atoms with Gasteiger partial charge in [-0.2, -0.15) is 0 Å². The van der Waals surface area contributed by atoms with Crippen LogP contribution in [0.1, 0.15) is 72.9 Å². The first-order chi connectivity index (χ1) is 24.3. The molecule has 4 aromatic rings. The number of fused-ring (bicyclic) bond motifs is 2. The molecule has 280 valence electrons. The fourth-order valence-electron chi connectivity index (χ4n) is 6.98. The van der Waals surface area contributed by atoms with Crippen LogP contribution >= 0.6 is 46.4 Å². The molecule has 4 aromatic carbocycles. The monoisotopic (exact) mass is 823 g/mol. The predicted octanol–water partition coefficient (Wildman–Crippen LogP) is 9.26. The van der Waals surface area contributed by atoms with Gasteiger partial charge in [-0.1, -0.05) is 84.5 Å². The smallest absolute Gasteiger partial charge is 0.240 e. The molecular weight excluding hydrogens is 780 g/mol. The molecule has 2 aliphatic rings. The molecule has 0 radical (unpaired) electrons. The van der Waals surface area contributed by atoms with Crippen molar-refractivity contribution in [2.75, 3.05) is 32.9 Å². The second-order valence-electron chi connectivity index (χ2n) is 14.5. The number of rotatable bonds is 8. The zero-order valence-corrected chi connectivity index (χ0v) is 34.8. The van der Waals surface area contributed by atoms with Gasteiger partial charge in [0, 0.05) is 64.1 Å². The van der Waals surface area contributed by atoms with Crippen molar-refractivity contribution < 1.29 is 16.8 Å². The van der Waals surface area contributed by atoms with Gasteiger partial charge in [0.25, 0.3) is 0 Å². The molecule has 0 saturated carbocycles. The summed E-state index contributed by atoms with van der Waals surface area (Å²) in [6.45, 7) is 10.6. The van der Waals surface area contributed by atoms with E-state index in [2.05, 4.69) is 21.6 Å². The van der Waals surface area contributed by atoms with Gasteiger partial charge in [0.05, 0.1) is 15.5 Å². The fourth-order valence-corrected chi connectivity index (χ4v) is 11.0. The van der Waals surface area contributed by atoms with Gasteiger partial charge in [0.2, 0.25) is 10.0 Å². The molecule has 2 heterocycles. The lowest BCUT2D eigenvalue weighted by Gasteiger charge is -2.33. The van der Waals surface area contributed by atoms with E-state index < -0.39 is 19.9 Å². The predicted molar refractivity (Wildman–Crippen MR) is 215 cm³/mol. The first kappa shape index (κ1) is 41.0. The highest BCUT2D eigenvalue weighted by Gasteiger charge is 2.29. The van der Waals surface area contributed by atoms with Crippen molar-refractivity contribution in [1.29, 1.82) is 0 Å². The molecule has 0 fully saturated rings. The Bertz CT molecular complexity index is 2140. The number of halogens is 4. The maximum atomic E-state index is 12.5. The Morgan fingerprint density at radius 2 is 1.17 bits per heavy atom. The maximum Gasteiger partial charge on any atom is 0.240 e. The first-order valence-corrected chi connectivity index (χ1v) is 21.8. The SMILES string of the molecule is CC(C)CS(=O)(=O)c1ccc(C2CN(C)Cc3c(Cl)cc(Cl)cc32)cc1.CC(C)NS(=O)(=O)c1cccc(C2CN(C)Cc3c(Cl)cc(Cl)cc32)c1. The molecule has 6 rings (SSSR count). The number of benzene rings is 4. The minimum absolute atomic E-state index is 0.00847. The highest BCUT2D eigenvalue weighted by atomic mass is 35.5. The highest BCUT2D eigenvalue weighted by Crippen LogP contribution is 2.40. The van der Waals surface area contributed by atoms with E-state index in [9.17, 15) is 16.8 Å². The van der Waals surface area contributed by atoms with Crippen molar-refractivity contribution in [3.8, 4) is 0 Å². The standard InChI is InChI=1S/C20H23Cl2NO2S.C19H22Cl2N2O2S/c1-13(2)12-26(24,25)16-6-4-14(5-7-16)18-10-23(3)11-19-17(18)8-15(21)9-20(19)22;1-12(2)22-26(24,25)15-6-4-5-13(7-15)17-10-23(3)11-18-16(17)8-14(20)9-19(18)21/h4-9,13,18H,10-12H2,1-3H3;4-9,12,17,22H,10-11H2,1-3H3. The van der Waals surface area contributed by atoms with Crippen LogP contribution in [0.5, 0.6) is 0 Å². The normalized spacial score (nSPS) is 18.2. The van der Waals surface area contributed by atoms with Crippen LogP contribution in [0.15, 0.2) is 82.6 Å². The summed E-state index contributed by atoms with van der Waals surface area (Å²) in [5, 5.41) is 2.54. The summed E-state index contributed by atoms with van der Waals surface area (Å²) in [4.78, 5) is 5.05. The van der Waals surface area contributed by atoms with Crippen LogP contribution in [0.25, 0.3) is 0 Å². The molecule has 52 heavy (non-hydrogen) atoms. The van der Waals surface area contributed by atoms with Gasteiger partial charge in [0.1, 0.15) is 0 Å². The van der Waals surface area contributed by atoms with Crippen LogP contribution in [-0.4, -0.2) is 65.6 Å². The molecule has 1 N–H and O–H groups in total. The van der Waals surface area contributed by atoms with Gasteiger partial charge < -0.3 is 9.80 Å². The van der Waals surface area contributed by atoms with Gasteiger partial charge >= 0.3 is 0 Å². The third-order valence-corrected chi connectivity index (χ3v) is 14.0. The summed E-state index contributed by atoms with van der Waals surface area (Å²) in [6.07, 6.45) is 0. The number of likely N-dealkylation sites (N-methyl/N-ethyl adjacent to an activating group) is 2. The molecule has 7 nitrogen and oxygen atoms in total. The van der Waals surface area contributed by atoms with Crippen molar-refractivity contribution in [2.24, 2.45) is 5.92 Å². The zero-order chi connectivity index (χ0) is 38.1. The molecule has 0 amide bonds. The number of hydrogen-bond acceptors (Lipinski definition) is 6. The summed E-state index contributed by atoms with van der Waals surface area (Å²) in [5.41, 5.74) is 6.32. The molecule has 2 atom stereocenters. The Morgan fingerprint density at radius 1 is 0.673 bits per heavy atom. The third-order valence-electron chi connectivity index (χ3n) is 9.14. The van der Waals surface area contributed by atoms with Crippen molar-refractivity contribution in [3.63, 3.8) is 0 Å². The number of nitrogens with one attached hydrogen (secondary N) is 1. The summed E-state index contributed by atoms with van der Waals surface area (Å²) in [7, 11) is -2.70. The lowest BCUT2D eigenvalue weighted by Crippen LogP contribution is -2.32. The lowest BCUT2D eigenvalue weighted by atomic mass is 9.85. The Morgan fingerprint density at radius 3 is 1.65 bits per heavy atom. The number of nitrogens with zero attached hydrogens (tertiary/aromatic N) is 2. The lowest BCUT2D eigenvalue weighted by molar-refractivity contribution is 0.295. The Kier molecular flexibility index (Phi) is 13.1. The summed E-state index contributed by atoms with van der Waals surface area (Å²) in [6, 6.07) is 21.6. The third kappa shape index (κ3) is 9.73. The van der Waals surface area contributed by atoms with Crippen LogP contribution in [0.3, 0.4) is 0 Å². The van der Waals surface area contributed by atoms with E-state index in [0.717, 1.165) is 59.6 Å². The molecule has 0 spiro atoms. The first-order valence-electron chi connectivity index (χ1n) is 17.1. The zero-order valence-electron chi connectivity index (χ0n) is 30.1. The van der Waals surface area contributed by atoms with Gasteiger partial charge in [-0.3, -0.25) is 0 Å². The van der Waals surface area contributed by atoms with Gasteiger partial charge in [-0.25, -0.2) is 21.6 Å². The average Bonchev–Trinajstić information content (AvgIpc) is 3.04. The van der Waals surface area contributed by atoms with E-state index in [4.69, 9.17) is 46.4 Å². The molecular formula is C39H45Cl4N3O4S2. The molecule has 2 unspecified atom stereocenters. The van der Waals surface area contributed by atoms with Crippen LogP contribution in [-0.2, 0) is 33.0 Å². The average molecular weight is 826 g/mol. The number of hydrogen-bond donors (Lipinski definition) is 1. The van der Waals surface area contributed by atoms with Crippen molar-refractivity contribution in [3.05, 3.63) is 126 Å². The fraction of sp³-hybridized carbons (Fsp3) is 0.385. The van der Waals surface area contributed by atoms with Crippen molar-refractivity contribution in [2.45, 2.75) is 68.5 Å². The van der Waals surface area contributed by atoms with Crippen molar-refractivity contribution in [1.82, 2.24) is 14.5 Å². The topological polar surface area (TPSA) is 86.8 Å². The largest absolute Gasteiger partial charge is 0.301 e. The van der Waals surface area contributed by atoms with E-state index >= 15 is 0 Å². The number of sulfonamides is 1. The van der Waals surface area contributed by atoms with E-state index in [-0.39, 0.29) is 34.4 Å². The van der Waals surface area contributed by atoms with E-state index in [1.807, 2.05) is 51.2 Å². The second kappa shape index (κ2) is 16.7. The van der Waals surface area contributed by atoms with Gasteiger partial charge in [0.15, 0.2) is 9.84 Å². The summed E-state index contributed by atoms with van der Waals surface area (Å²) >= 11 is 25.3. The molecule has 0 saturated heterocycles. The molecule has 2 aliphatic heterocycles. The minimum atomic E-state index is -3.54.